The Bertz CT molecular complexity index is 759. The zero-order chi connectivity index (χ0) is 15.8. The highest BCUT2D eigenvalue weighted by Gasteiger charge is 2.28. The van der Waals surface area contributed by atoms with Gasteiger partial charge in [0.05, 0.1) is 17.1 Å². The molecule has 2 aromatic heterocycles. The van der Waals surface area contributed by atoms with Gasteiger partial charge < -0.3 is 4.52 Å². The van der Waals surface area contributed by atoms with Gasteiger partial charge in [0.1, 0.15) is 4.90 Å². The van der Waals surface area contributed by atoms with Crippen LogP contribution in [0.15, 0.2) is 9.42 Å². The number of hydrogen-bond donors (Lipinski definition) is 1. The minimum Gasteiger partial charge on any atom is -0.337 e. The standard InChI is InChI=1S/C13H20N4O3S/c1-6-10-12(11(7-2)17(5)14-10)21(18,19)16-13-8(3)9(4)15-20-13/h16H,6-7H2,1-5H3. The fourth-order valence-corrected chi connectivity index (χ4v) is 3.83. The Labute approximate surface area is 124 Å². The predicted octanol–water partition coefficient (Wildman–Crippen LogP) is 1.95. The summed E-state index contributed by atoms with van der Waals surface area (Å²) in [5, 5.41) is 8.05. The van der Waals surface area contributed by atoms with Crippen LogP contribution < -0.4 is 4.72 Å². The number of aromatic nitrogens is 3. The first-order chi connectivity index (χ1) is 9.81. The number of sulfonamides is 1. The third kappa shape index (κ3) is 2.67. The van der Waals surface area contributed by atoms with E-state index >= 15 is 0 Å². The van der Waals surface area contributed by atoms with Crippen LogP contribution >= 0.6 is 0 Å². The predicted molar refractivity (Wildman–Crippen MR) is 78.7 cm³/mol. The Kier molecular flexibility index (Phi) is 4.08. The van der Waals surface area contributed by atoms with Gasteiger partial charge in [-0.2, -0.15) is 5.10 Å². The van der Waals surface area contributed by atoms with Gasteiger partial charge in [0, 0.05) is 12.6 Å². The van der Waals surface area contributed by atoms with Crippen molar-refractivity contribution in [2.75, 3.05) is 4.72 Å². The van der Waals surface area contributed by atoms with E-state index in [1.807, 2.05) is 13.8 Å². The van der Waals surface area contributed by atoms with Crippen molar-refractivity contribution < 1.29 is 12.9 Å². The third-order valence-electron chi connectivity index (χ3n) is 3.51. The van der Waals surface area contributed by atoms with E-state index in [2.05, 4.69) is 15.0 Å². The molecule has 0 unspecified atom stereocenters. The zero-order valence-electron chi connectivity index (χ0n) is 12.9. The molecule has 2 rings (SSSR count). The highest BCUT2D eigenvalue weighted by atomic mass is 32.2. The highest BCUT2D eigenvalue weighted by molar-refractivity contribution is 7.92. The SMILES string of the molecule is CCc1nn(C)c(CC)c1S(=O)(=O)Nc1onc(C)c1C. The lowest BCUT2D eigenvalue weighted by molar-refractivity contribution is 0.430. The molecule has 21 heavy (non-hydrogen) atoms. The minimum absolute atomic E-state index is 0.153. The molecule has 0 aliphatic carbocycles. The van der Waals surface area contributed by atoms with Crippen LogP contribution in [0.1, 0.15) is 36.5 Å². The van der Waals surface area contributed by atoms with Gasteiger partial charge in [-0.05, 0) is 26.7 Å². The molecule has 0 amide bonds. The van der Waals surface area contributed by atoms with E-state index in [1.165, 1.54) is 0 Å². The minimum atomic E-state index is -3.75. The Balaban J connectivity index is 2.52. The average Bonchev–Trinajstić information content (AvgIpc) is 2.92. The second-order valence-corrected chi connectivity index (χ2v) is 6.50. The van der Waals surface area contributed by atoms with Gasteiger partial charge >= 0.3 is 0 Å². The van der Waals surface area contributed by atoms with E-state index in [0.29, 0.717) is 35.5 Å². The summed E-state index contributed by atoms with van der Waals surface area (Å²) in [7, 11) is -2.00. The van der Waals surface area contributed by atoms with Crippen LogP contribution in [0.3, 0.4) is 0 Å². The van der Waals surface area contributed by atoms with Gasteiger partial charge in [-0.1, -0.05) is 19.0 Å². The summed E-state index contributed by atoms with van der Waals surface area (Å²) >= 11 is 0. The molecule has 0 aliphatic heterocycles. The van der Waals surface area contributed by atoms with Crippen LogP contribution in [0.25, 0.3) is 0 Å². The second-order valence-electron chi connectivity index (χ2n) is 4.88. The van der Waals surface area contributed by atoms with Crippen molar-refractivity contribution in [3.63, 3.8) is 0 Å². The summed E-state index contributed by atoms with van der Waals surface area (Å²) in [6, 6.07) is 0. The lowest BCUT2D eigenvalue weighted by atomic mass is 10.2. The number of anilines is 1. The lowest BCUT2D eigenvalue weighted by Gasteiger charge is -2.08. The van der Waals surface area contributed by atoms with Gasteiger partial charge in [0.2, 0.25) is 5.88 Å². The van der Waals surface area contributed by atoms with E-state index < -0.39 is 10.0 Å². The Morgan fingerprint density at radius 2 is 1.90 bits per heavy atom. The number of aryl methyl sites for hydroxylation is 3. The summed E-state index contributed by atoms with van der Waals surface area (Å²) in [4.78, 5) is 0.239. The van der Waals surface area contributed by atoms with E-state index in [1.54, 1.807) is 25.6 Å². The molecule has 8 heteroatoms. The van der Waals surface area contributed by atoms with Crippen LogP contribution in [0.4, 0.5) is 5.88 Å². The van der Waals surface area contributed by atoms with Crippen molar-refractivity contribution in [3.8, 4) is 0 Å². The summed E-state index contributed by atoms with van der Waals surface area (Å²) in [5.41, 5.74) is 2.56. The van der Waals surface area contributed by atoms with E-state index in [4.69, 9.17) is 4.52 Å². The van der Waals surface area contributed by atoms with Crippen molar-refractivity contribution in [2.24, 2.45) is 7.05 Å². The van der Waals surface area contributed by atoms with Gasteiger partial charge in [0.15, 0.2) is 0 Å². The largest absolute Gasteiger partial charge is 0.337 e. The van der Waals surface area contributed by atoms with Gasteiger partial charge in [-0.15, -0.1) is 0 Å². The fraction of sp³-hybridized carbons (Fsp3) is 0.538. The molecule has 0 saturated carbocycles. The van der Waals surface area contributed by atoms with Crippen molar-refractivity contribution in [2.45, 2.75) is 45.4 Å². The molecule has 0 radical (unpaired) electrons. The molecule has 0 aromatic carbocycles. The third-order valence-corrected chi connectivity index (χ3v) is 4.97. The first-order valence-corrected chi connectivity index (χ1v) is 8.30. The maximum Gasteiger partial charge on any atom is 0.267 e. The topological polar surface area (TPSA) is 90.0 Å². The van der Waals surface area contributed by atoms with Crippen LogP contribution in [-0.4, -0.2) is 23.4 Å². The van der Waals surface area contributed by atoms with E-state index in [-0.39, 0.29) is 10.8 Å². The van der Waals surface area contributed by atoms with Crippen LogP contribution in [0, 0.1) is 13.8 Å². The lowest BCUT2D eigenvalue weighted by Crippen LogP contribution is -2.16. The molecular formula is C13H20N4O3S. The zero-order valence-corrected chi connectivity index (χ0v) is 13.7. The number of rotatable bonds is 5. The number of hydrogen-bond acceptors (Lipinski definition) is 5. The molecule has 0 saturated heterocycles. The molecule has 0 atom stereocenters. The molecule has 7 nitrogen and oxygen atoms in total. The summed E-state index contributed by atoms with van der Waals surface area (Å²) in [6.45, 7) is 7.30. The molecule has 1 N–H and O–H groups in total. The van der Waals surface area contributed by atoms with Gasteiger partial charge in [0.25, 0.3) is 10.0 Å². The van der Waals surface area contributed by atoms with E-state index in [0.717, 1.165) is 0 Å². The summed E-state index contributed by atoms with van der Waals surface area (Å²) in [5.74, 6) is 0.153. The van der Waals surface area contributed by atoms with Gasteiger partial charge in [-0.3, -0.25) is 4.68 Å². The number of nitrogens with one attached hydrogen (secondary N) is 1. The van der Waals surface area contributed by atoms with Crippen LogP contribution in [0.5, 0.6) is 0 Å². The molecule has 2 aromatic rings. The first kappa shape index (κ1) is 15.6. The molecule has 0 aliphatic rings. The quantitative estimate of drug-likeness (QED) is 0.911. The normalized spacial score (nSPS) is 11.9. The van der Waals surface area contributed by atoms with Gasteiger partial charge in [-0.25, -0.2) is 13.1 Å². The summed E-state index contributed by atoms with van der Waals surface area (Å²) < 4.78 is 34.5. The smallest absolute Gasteiger partial charge is 0.267 e. The van der Waals surface area contributed by atoms with Crippen molar-refractivity contribution in [1.82, 2.24) is 14.9 Å². The van der Waals surface area contributed by atoms with Crippen LogP contribution in [-0.2, 0) is 29.9 Å². The van der Waals surface area contributed by atoms with Crippen molar-refractivity contribution >= 4 is 15.9 Å². The maximum absolute atomic E-state index is 12.7. The monoisotopic (exact) mass is 312 g/mol. The first-order valence-electron chi connectivity index (χ1n) is 6.82. The highest BCUT2D eigenvalue weighted by Crippen LogP contribution is 2.26. The Morgan fingerprint density at radius 3 is 2.38 bits per heavy atom. The van der Waals surface area contributed by atoms with Crippen molar-refractivity contribution in [3.05, 3.63) is 22.6 Å². The molecule has 116 valence electrons. The molecular weight excluding hydrogens is 292 g/mol. The Morgan fingerprint density at radius 1 is 1.24 bits per heavy atom. The molecule has 0 bridgehead atoms. The molecule has 0 spiro atoms. The van der Waals surface area contributed by atoms with Crippen molar-refractivity contribution in [1.29, 1.82) is 0 Å². The average molecular weight is 312 g/mol. The van der Waals surface area contributed by atoms with Crippen LogP contribution in [0.2, 0.25) is 0 Å². The summed E-state index contributed by atoms with van der Waals surface area (Å²) in [6.07, 6.45) is 1.12. The second kappa shape index (κ2) is 5.51. The van der Waals surface area contributed by atoms with E-state index in [9.17, 15) is 8.42 Å². The fourth-order valence-electron chi connectivity index (χ4n) is 2.21. The number of nitrogens with zero attached hydrogens (tertiary/aromatic N) is 3. The maximum atomic E-state index is 12.7. The Hall–Kier alpha value is -1.83. The molecule has 0 fully saturated rings. The molecule has 2 heterocycles.